The third-order valence-electron chi connectivity index (χ3n) is 3.93. The summed E-state index contributed by atoms with van der Waals surface area (Å²) in [7, 11) is 0. The molecule has 2 nitrogen and oxygen atoms in total. The van der Waals surface area contributed by atoms with Gasteiger partial charge in [-0.25, -0.2) is 0 Å². The lowest BCUT2D eigenvalue weighted by Crippen LogP contribution is -2.46. The van der Waals surface area contributed by atoms with Crippen LogP contribution >= 0.6 is 23.2 Å². The molecule has 1 aliphatic rings. The Labute approximate surface area is 135 Å². The Hall–Kier alpha value is -1.38. The number of nitrogens with zero attached hydrogens (tertiary/aromatic N) is 2. The highest BCUT2D eigenvalue weighted by Crippen LogP contribution is 2.27. The molecule has 2 aromatic rings. The molecule has 0 unspecified atom stereocenters. The lowest BCUT2D eigenvalue weighted by Gasteiger charge is -2.37. The summed E-state index contributed by atoms with van der Waals surface area (Å²) in [4.78, 5) is 4.76. The van der Waals surface area contributed by atoms with E-state index in [0.717, 1.165) is 42.5 Å². The zero-order valence-electron chi connectivity index (χ0n) is 11.8. The molecule has 1 saturated heterocycles. The first-order valence-corrected chi connectivity index (χ1v) is 8.08. The van der Waals surface area contributed by atoms with Gasteiger partial charge in [0.2, 0.25) is 0 Å². The molecule has 1 heterocycles. The van der Waals surface area contributed by atoms with Gasteiger partial charge in [-0.05, 0) is 29.8 Å². The first kappa shape index (κ1) is 14.6. The van der Waals surface area contributed by atoms with Crippen LogP contribution in [0.2, 0.25) is 5.02 Å². The molecule has 0 aromatic heterocycles. The number of hydrogen-bond donors (Lipinski definition) is 0. The first-order valence-electron chi connectivity index (χ1n) is 7.17. The number of para-hydroxylation sites is 1. The van der Waals surface area contributed by atoms with E-state index in [4.69, 9.17) is 23.2 Å². The second-order valence-electron chi connectivity index (χ2n) is 5.23. The Morgan fingerprint density at radius 2 is 1.43 bits per heavy atom. The zero-order valence-corrected chi connectivity index (χ0v) is 13.3. The van der Waals surface area contributed by atoms with Crippen molar-refractivity contribution >= 4 is 34.6 Å². The SMILES string of the molecule is ClCc1ccc(N2CCN(c3ccccc3Cl)CC2)cc1. The molecule has 3 rings (SSSR count). The van der Waals surface area contributed by atoms with Gasteiger partial charge >= 0.3 is 0 Å². The quantitative estimate of drug-likeness (QED) is 0.773. The number of rotatable bonds is 3. The summed E-state index contributed by atoms with van der Waals surface area (Å²) in [6.07, 6.45) is 0. The molecular formula is C17H18Cl2N2. The van der Waals surface area contributed by atoms with Crippen LogP contribution in [0.25, 0.3) is 0 Å². The van der Waals surface area contributed by atoms with Gasteiger partial charge in [-0.15, -0.1) is 11.6 Å². The van der Waals surface area contributed by atoms with Crippen LogP contribution in [0.1, 0.15) is 5.56 Å². The van der Waals surface area contributed by atoms with Gasteiger partial charge in [0.15, 0.2) is 0 Å². The topological polar surface area (TPSA) is 6.48 Å². The predicted octanol–water partition coefficient (Wildman–Crippen LogP) is 4.41. The Balaban J connectivity index is 1.66. The second kappa shape index (κ2) is 6.59. The predicted molar refractivity (Wildman–Crippen MR) is 91.9 cm³/mol. The van der Waals surface area contributed by atoms with Crippen molar-refractivity contribution in [2.75, 3.05) is 36.0 Å². The van der Waals surface area contributed by atoms with E-state index in [1.54, 1.807) is 0 Å². The maximum absolute atomic E-state index is 6.28. The monoisotopic (exact) mass is 320 g/mol. The second-order valence-corrected chi connectivity index (χ2v) is 5.90. The molecule has 0 aliphatic carbocycles. The van der Waals surface area contributed by atoms with Crippen molar-refractivity contribution in [3.63, 3.8) is 0 Å². The van der Waals surface area contributed by atoms with E-state index >= 15 is 0 Å². The lowest BCUT2D eigenvalue weighted by atomic mass is 10.2. The fraction of sp³-hybridized carbons (Fsp3) is 0.294. The van der Waals surface area contributed by atoms with Gasteiger partial charge in [0.05, 0.1) is 10.7 Å². The summed E-state index contributed by atoms with van der Waals surface area (Å²) < 4.78 is 0. The van der Waals surface area contributed by atoms with Crippen molar-refractivity contribution in [1.29, 1.82) is 0 Å². The van der Waals surface area contributed by atoms with Crippen molar-refractivity contribution in [2.45, 2.75) is 5.88 Å². The van der Waals surface area contributed by atoms with Crippen LogP contribution in [0.5, 0.6) is 0 Å². The van der Waals surface area contributed by atoms with E-state index in [1.807, 2.05) is 18.2 Å². The van der Waals surface area contributed by atoms with Gasteiger partial charge in [-0.1, -0.05) is 35.9 Å². The minimum Gasteiger partial charge on any atom is -0.368 e. The summed E-state index contributed by atoms with van der Waals surface area (Å²) in [6, 6.07) is 16.6. The van der Waals surface area contributed by atoms with Gasteiger partial charge in [-0.3, -0.25) is 0 Å². The smallest absolute Gasteiger partial charge is 0.0639 e. The number of alkyl halides is 1. The minimum atomic E-state index is 0.570. The molecule has 0 radical (unpaired) electrons. The Morgan fingerprint density at radius 3 is 2.05 bits per heavy atom. The van der Waals surface area contributed by atoms with Crippen LogP contribution in [-0.2, 0) is 5.88 Å². The van der Waals surface area contributed by atoms with E-state index in [1.165, 1.54) is 5.69 Å². The number of piperazine rings is 1. The summed E-state index contributed by atoms with van der Waals surface area (Å²) in [6.45, 7) is 3.98. The summed E-state index contributed by atoms with van der Waals surface area (Å²) in [5, 5.41) is 0.831. The molecule has 0 spiro atoms. The minimum absolute atomic E-state index is 0.570. The highest BCUT2D eigenvalue weighted by molar-refractivity contribution is 6.33. The third kappa shape index (κ3) is 3.28. The van der Waals surface area contributed by atoms with Crippen molar-refractivity contribution in [3.05, 3.63) is 59.1 Å². The van der Waals surface area contributed by atoms with E-state index < -0.39 is 0 Å². The maximum atomic E-state index is 6.28. The van der Waals surface area contributed by atoms with Crippen LogP contribution in [0, 0.1) is 0 Å². The molecule has 2 aromatic carbocycles. The average molecular weight is 321 g/mol. The summed E-state index contributed by atoms with van der Waals surface area (Å²) in [5.41, 5.74) is 3.56. The fourth-order valence-electron chi connectivity index (χ4n) is 2.71. The van der Waals surface area contributed by atoms with Crippen molar-refractivity contribution < 1.29 is 0 Å². The van der Waals surface area contributed by atoms with Crippen molar-refractivity contribution in [3.8, 4) is 0 Å². The lowest BCUT2D eigenvalue weighted by molar-refractivity contribution is 0.653. The molecule has 0 atom stereocenters. The average Bonchev–Trinajstić information content (AvgIpc) is 2.56. The molecule has 0 saturated carbocycles. The molecule has 0 N–H and O–H groups in total. The molecule has 110 valence electrons. The highest BCUT2D eigenvalue weighted by atomic mass is 35.5. The van der Waals surface area contributed by atoms with Crippen LogP contribution in [0.15, 0.2) is 48.5 Å². The normalized spacial score (nSPS) is 15.3. The molecule has 1 aliphatic heterocycles. The fourth-order valence-corrected chi connectivity index (χ4v) is 3.14. The van der Waals surface area contributed by atoms with Crippen LogP contribution in [0.3, 0.4) is 0 Å². The zero-order chi connectivity index (χ0) is 14.7. The molecule has 1 fully saturated rings. The summed E-state index contributed by atoms with van der Waals surface area (Å²) >= 11 is 12.1. The van der Waals surface area contributed by atoms with Crippen molar-refractivity contribution in [2.24, 2.45) is 0 Å². The van der Waals surface area contributed by atoms with E-state index in [2.05, 4.69) is 40.1 Å². The van der Waals surface area contributed by atoms with E-state index in [-0.39, 0.29) is 0 Å². The standard InChI is InChI=1S/C17H18Cl2N2/c18-13-14-5-7-15(8-6-14)20-9-11-21(12-10-20)17-4-2-1-3-16(17)19/h1-8H,9-13H2. The van der Waals surface area contributed by atoms with E-state index in [0.29, 0.717) is 5.88 Å². The molecule has 0 bridgehead atoms. The van der Waals surface area contributed by atoms with Crippen LogP contribution in [0.4, 0.5) is 11.4 Å². The Kier molecular flexibility index (Phi) is 4.57. The van der Waals surface area contributed by atoms with E-state index in [9.17, 15) is 0 Å². The molecular weight excluding hydrogens is 303 g/mol. The van der Waals surface area contributed by atoms with Gasteiger partial charge in [0.25, 0.3) is 0 Å². The number of anilines is 2. The Bertz CT molecular complexity index is 590. The van der Waals surface area contributed by atoms with Gasteiger partial charge in [0, 0.05) is 37.7 Å². The summed E-state index contributed by atoms with van der Waals surface area (Å²) in [5.74, 6) is 0.570. The van der Waals surface area contributed by atoms with Crippen molar-refractivity contribution in [1.82, 2.24) is 0 Å². The van der Waals surface area contributed by atoms with Crippen LogP contribution in [-0.4, -0.2) is 26.2 Å². The first-order chi connectivity index (χ1) is 10.3. The molecule has 0 amide bonds. The largest absolute Gasteiger partial charge is 0.368 e. The molecule has 21 heavy (non-hydrogen) atoms. The van der Waals surface area contributed by atoms with Gasteiger partial charge in [0.1, 0.15) is 0 Å². The third-order valence-corrected chi connectivity index (χ3v) is 4.56. The maximum Gasteiger partial charge on any atom is 0.0639 e. The highest BCUT2D eigenvalue weighted by Gasteiger charge is 2.18. The number of benzene rings is 2. The Morgan fingerprint density at radius 1 is 0.810 bits per heavy atom. The van der Waals surface area contributed by atoms with Crippen LogP contribution < -0.4 is 9.80 Å². The number of halogens is 2. The van der Waals surface area contributed by atoms with Gasteiger partial charge < -0.3 is 9.80 Å². The molecule has 4 heteroatoms. The number of hydrogen-bond acceptors (Lipinski definition) is 2. The van der Waals surface area contributed by atoms with Gasteiger partial charge in [-0.2, -0.15) is 0 Å².